The molecule has 2 aromatic carbocycles. The van der Waals surface area contributed by atoms with Crippen LogP contribution in [0.2, 0.25) is 0 Å². The van der Waals surface area contributed by atoms with Crippen LogP contribution < -0.4 is 4.74 Å². The van der Waals surface area contributed by atoms with Gasteiger partial charge in [-0.1, -0.05) is 39.5 Å². The minimum absolute atomic E-state index is 0.121. The summed E-state index contributed by atoms with van der Waals surface area (Å²) < 4.78 is 94.9. The summed E-state index contributed by atoms with van der Waals surface area (Å²) in [6, 6.07) is 3.40. The van der Waals surface area contributed by atoms with Crippen LogP contribution >= 0.6 is 11.8 Å². The summed E-state index contributed by atoms with van der Waals surface area (Å²) in [5, 5.41) is 0. The van der Waals surface area contributed by atoms with Gasteiger partial charge in [0.1, 0.15) is 5.75 Å². The molecule has 0 radical (unpaired) electrons. The van der Waals surface area contributed by atoms with E-state index in [0.717, 1.165) is 0 Å². The Balaban J connectivity index is 2.79. The predicted molar refractivity (Wildman–Crippen MR) is 111 cm³/mol. The summed E-state index contributed by atoms with van der Waals surface area (Å²) in [7, 11) is -5.51. The van der Waals surface area contributed by atoms with Gasteiger partial charge in [-0.05, 0) is 48.9 Å². The first-order chi connectivity index (χ1) is 14.2. The van der Waals surface area contributed by atoms with Crippen LogP contribution in [0.25, 0.3) is 0 Å². The molecule has 0 heterocycles. The van der Waals surface area contributed by atoms with Gasteiger partial charge >= 0.3 is 10.1 Å². The Morgan fingerprint density at radius 1 is 0.806 bits per heavy atom. The van der Waals surface area contributed by atoms with Crippen molar-refractivity contribution in [1.29, 1.82) is 0 Å². The van der Waals surface area contributed by atoms with E-state index in [1.54, 1.807) is 12.1 Å². The summed E-state index contributed by atoms with van der Waals surface area (Å²) in [5.41, 5.74) is 1.29. The highest BCUT2D eigenvalue weighted by Crippen LogP contribution is 2.45. The van der Waals surface area contributed by atoms with E-state index in [1.165, 1.54) is 0 Å². The Morgan fingerprint density at radius 2 is 1.23 bits per heavy atom. The molecule has 0 saturated heterocycles. The first kappa shape index (κ1) is 25.5. The SMILES string of the molecule is CC(C)Oc1cc(C(C)C)c(Sc2c(F)c(F)c(S(=O)(=O)O)c(F)c2F)c(C(C)C)c1. The van der Waals surface area contributed by atoms with Gasteiger partial charge in [-0.2, -0.15) is 8.42 Å². The van der Waals surface area contributed by atoms with Crippen molar-refractivity contribution in [2.24, 2.45) is 0 Å². The van der Waals surface area contributed by atoms with Crippen LogP contribution in [0.15, 0.2) is 26.8 Å². The molecule has 172 valence electrons. The maximum absolute atomic E-state index is 14.6. The van der Waals surface area contributed by atoms with Gasteiger partial charge in [-0.25, -0.2) is 17.6 Å². The number of hydrogen-bond acceptors (Lipinski definition) is 4. The predicted octanol–water partition coefficient (Wildman–Crippen LogP) is 6.67. The van der Waals surface area contributed by atoms with Crippen LogP contribution in [-0.4, -0.2) is 19.1 Å². The fraction of sp³-hybridized carbons (Fsp3) is 0.429. The molecule has 0 unspecified atom stereocenters. The van der Waals surface area contributed by atoms with Gasteiger partial charge in [0.2, 0.25) is 0 Å². The number of rotatable bonds is 7. The average Bonchev–Trinajstić information content (AvgIpc) is 2.62. The van der Waals surface area contributed by atoms with Crippen molar-refractivity contribution in [3.05, 3.63) is 46.5 Å². The smallest absolute Gasteiger partial charge is 0.300 e. The summed E-state index contributed by atoms with van der Waals surface area (Å²) >= 11 is 0.464. The highest BCUT2D eigenvalue weighted by Gasteiger charge is 2.33. The summed E-state index contributed by atoms with van der Waals surface area (Å²) in [6.45, 7) is 11.1. The number of ether oxygens (including phenoxy) is 1. The molecule has 2 aromatic rings. The molecule has 31 heavy (non-hydrogen) atoms. The second kappa shape index (κ2) is 9.38. The molecule has 10 heteroatoms. The molecule has 0 saturated carbocycles. The second-order valence-electron chi connectivity index (χ2n) is 7.90. The minimum atomic E-state index is -5.51. The first-order valence-electron chi connectivity index (χ1n) is 9.52. The Hall–Kier alpha value is -1.78. The topological polar surface area (TPSA) is 63.6 Å². The van der Waals surface area contributed by atoms with Gasteiger partial charge < -0.3 is 4.74 Å². The zero-order chi connectivity index (χ0) is 23.8. The van der Waals surface area contributed by atoms with Crippen molar-refractivity contribution in [3.63, 3.8) is 0 Å². The quantitative estimate of drug-likeness (QED) is 0.272. The number of benzene rings is 2. The standard InChI is InChI=1S/C21H24F4O4S2/c1-9(2)13-7-12(29-11(5)6)8-14(10(3)4)19(13)30-20-15(22)17(24)21(31(26,27)28)18(25)16(20)23/h7-11H,1-6H3,(H,26,27,28). The summed E-state index contributed by atoms with van der Waals surface area (Å²) in [4.78, 5) is -2.71. The largest absolute Gasteiger partial charge is 0.491 e. The number of hydrogen-bond donors (Lipinski definition) is 1. The lowest BCUT2D eigenvalue weighted by molar-refractivity contribution is 0.241. The van der Waals surface area contributed by atoms with E-state index in [4.69, 9.17) is 9.29 Å². The maximum Gasteiger partial charge on any atom is 0.300 e. The Labute approximate surface area is 183 Å². The van der Waals surface area contributed by atoms with Crippen LogP contribution in [0, 0.1) is 23.3 Å². The fourth-order valence-electron chi connectivity index (χ4n) is 2.97. The van der Waals surface area contributed by atoms with E-state index in [0.29, 0.717) is 33.5 Å². The van der Waals surface area contributed by atoms with Gasteiger partial charge in [0, 0.05) is 4.90 Å². The highest BCUT2D eigenvalue weighted by atomic mass is 32.2. The Morgan fingerprint density at radius 3 is 1.55 bits per heavy atom. The van der Waals surface area contributed by atoms with E-state index in [2.05, 4.69) is 0 Å². The van der Waals surface area contributed by atoms with Gasteiger partial charge in [0.25, 0.3) is 0 Å². The molecule has 0 aliphatic carbocycles. The van der Waals surface area contributed by atoms with E-state index >= 15 is 0 Å². The third-order valence-electron chi connectivity index (χ3n) is 4.38. The molecule has 0 aliphatic rings. The van der Waals surface area contributed by atoms with Crippen molar-refractivity contribution in [3.8, 4) is 5.75 Å². The van der Waals surface area contributed by atoms with E-state index in [-0.39, 0.29) is 17.9 Å². The molecule has 0 atom stereocenters. The van der Waals surface area contributed by atoms with Crippen molar-refractivity contribution in [2.75, 3.05) is 0 Å². The average molecular weight is 481 g/mol. The van der Waals surface area contributed by atoms with Gasteiger partial charge in [-0.3, -0.25) is 4.55 Å². The Bertz CT molecular complexity index is 1040. The summed E-state index contributed by atoms with van der Waals surface area (Å²) in [6.07, 6.45) is -0.121. The van der Waals surface area contributed by atoms with Gasteiger partial charge in [0.05, 0.1) is 11.0 Å². The van der Waals surface area contributed by atoms with Crippen LogP contribution in [0.4, 0.5) is 17.6 Å². The lowest BCUT2D eigenvalue weighted by Gasteiger charge is -2.22. The minimum Gasteiger partial charge on any atom is -0.491 e. The maximum atomic E-state index is 14.6. The molecule has 0 bridgehead atoms. The lowest BCUT2D eigenvalue weighted by atomic mass is 9.95. The molecule has 4 nitrogen and oxygen atoms in total. The Kier molecular flexibility index (Phi) is 7.71. The van der Waals surface area contributed by atoms with Crippen molar-refractivity contribution in [1.82, 2.24) is 0 Å². The van der Waals surface area contributed by atoms with Gasteiger partial charge in [-0.15, -0.1) is 0 Å². The van der Waals surface area contributed by atoms with Crippen LogP contribution in [0.3, 0.4) is 0 Å². The van der Waals surface area contributed by atoms with Gasteiger partial charge in [0.15, 0.2) is 28.2 Å². The van der Waals surface area contributed by atoms with Crippen LogP contribution in [0.5, 0.6) is 5.75 Å². The molecular weight excluding hydrogens is 456 g/mol. The number of halogens is 4. The second-order valence-corrected chi connectivity index (χ2v) is 10.3. The summed E-state index contributed by atoms with van der Waals surface area (Å²) in [5.74, 6) is -7.87. The van der Waals surface area contributed by atoms with E-state index in [9.17, 15) is 26.0 Å². The molecule has 1 N–H and O–H groups in total. The van der Waals surface area contributed by atoms with E-state index in [1.807, 2.05) is 41.5 Å². The third kappa shape index (κ3) is 5.35. The zero-order valence-electron chi connectivity index (χ0n) is 17.9. The highest BCUT2D eigenvalue weighted by molar-refractivity contribution is 7.99. The van der Waals surface area contributed by atoms with Crippen molar-refractivity contribution >= 4 is 21.9 Å². The van der Waals surface area contributed by atoms with E-state index < -0.39 is 43.2 Å². The lowest BCUT2D eigenvalue weighted by Crippen LogP contribution is -2.11. The molecule has 0 fully saturated rings. The zero-order valence-corrected chi connectivity index (χ0v) is 19.5. The van der Waals surface area contributed by atoms with Crippen molar-refractivity contribution in [2.45, 2.75) is 74.2 Å². The molecule has 0 aliphatic heterocycles. The van der Waals surface area contributed by atoms with Crippen molar-refractivity contribution < 1.29 is 35.3 Å². The van der Waals surface area contributed by atoms with Crippen LogP contribution in [0.1, 0.15) is 64.5 Å². The van der Waals surface area contributed by atoms with Crippen LogP contribution in [-0.2, 0) is 10.1 Å². The fourth-order valence-corrected chi connectivity index (χ4v) is 4.99. The molecule has 0 aromatic heterocycles. The molecule has 0 spiro atoms. The molecule has 2 rings (SSSR count). The molecular formula is C21H24F4O4S2. The first-order valence-corrected chi connectivity index (χ1v) is 11.8. The normalized spacial score (nSPS) is 12.3. The monoisotopic (exact) mass is 480 g/mol. The third-order valence-corrected chi connectivity index (χ3v) is 6.49. The molecule has 0 amide bonds.